The maximum absolute atomic E-state index is 11.9. The minimum absolute atomic E-state index is 0.297. The van der Waals surface area contributed by atoms with Crippen LogP contribution >= 0.6 is 50.7 Å². The Labute approximate surface area is 133 Å². The summed E-state index contributed by atoms with van der Waals surface area (Å²) < 4.78 is 5.83. The van der Waals surface area contributed by atoms with Crippen LogP contribution in [0.15, 0.2) is 40.9 Å². The fourth-order valence-corrected chi connectivity index (χ4v) is 2.40. The maximum atomic E-state index is 11.9. The molecule has 0 radical (unpaired) electrons. The van der Waals surface area contributed by atoms with Crippen molar-refractivity contribution in [3.8, 4) is 5.75 Å². The van der Waals surface area contributed by atoms with Gasteiger partial charge in [0.25, 0.3) is 0 Å². The van der Waals surface area contributed by atoms with Crippen molar-refractivity contribution in [2.24, 2.45) is 0 Å². The van der Waals surface area contributed by atoms with E-state index in [1.807, 2.05) is 0 Å². The third kappa shape index (κ3) is 3.63. The van der Waals surface area contributed by atoms with Crippen LogP contribution < -0.4 is 4.74 Å². The van der Waals surface area contributed by atoms with E-state index in [1.54, 1.807) is 24.3 Å². The highest BCUT2D eigenvalue weighted by molar-refractivity contribution is 9.10. The molecule has 19 heavy (non-hydrogen) atoms. The molecule has 0 bridgehead atoms. The molecule has 0 saturated carbocycles. The van der Waals surface area contributed by atoms with E-state index < -0.39 is 5.97 Å². The zero-order valence-electron chi connectivity index (χ0n) is 9.29. The first-order chi connectivity index (χ1) is 8.97. The van der Waals surface area contributed by atoms with Gasteiger partial charge in [0.15, 0.2) is 0 Å². The summed E-state index contributed by atoms with van der Waals surface area (Å²) in [6, 6.07) is 9.40. The molecule has 0 spiro atoms. The Morgan fingerprint density at radius 2 is 1.74 bits per heavy atom. The molecule has 0 heterocycles. The minimum Gasteiger partial charge on any atom is -0.422 e. The fraction of sp³-hybridized carbons (Fsp3) is 0. The van der Waals surface area contributed by atoms with Crippen LogP contribution in [0.4, 0.5) is 0 Å². The van der Waals surface area contributed by atoms with E-state index in [9.17, 15) is 4.79 Å². The van der Waals surface area contributed by atoms with Crippen molar-refractivity contribution in [1.82, 2.24) is 0 Å². The van der Waals surface area contributed by atoms with Crippen molar-refractivity contribution in [3.63, 3.8) is 0 Å². The molecule has 2 nitrogen and oxygen atoms in total. The van der Waals surface area contributed by atoms with Crippen LogP contribution in [0.1, 0.15) is 10.4 Å². The Morgan fingerprint density at radius 1 is 1.00 bits per heavy atom. The molecule has 6 heteroatoms. The summed E-state index contributed by atoms with van der Waals surface area (Å²) in [6.07, 6.45) is 0. The van der Waals surface area contributed by atoms with Crippen LogP contribution in [-0.2, 0) is 0 Å². The van der Waals surface area contributed by atoms with Gasteiger partial charge in [-0.2, -0.15) is 0 Å². The van der Waals surface area contributed by atoms with Gasteiger partial charge in [-0.05, 0) is 52.3 Å². The quantitative estimate of drug-likeness (QED) is 0.499. The van der Waals surface area contributed by atoms with Crippen molar-refractivity contribution in [2.75, 3.05) is 0 Å². The Balaban J connectivity index is 2.23. The van der Waals surface area contributed by atoms with Crippen molar-refractivity contribution < 1.29 is 9.53 Å². The lowest BCUT2D eigenvalue weighted by molar-refractivity contribution is 0.0733. The van der Waals surface area contributed by atoms with Gasteiger partial charge in [0, 0.05) is 5.02 Å². The minimum atomic E-state index is -0.526. The molecule has 2 aromatic rings. The van der Waals surface area contributed by atoms with Gasteiger partial charge in [-0.3, -0.25) is 0 Å². The van der Waals surface area contributed by atoms with E-state index >= 15 is 0 Å². The summed E-state index contributed by atoms with van der Waals surface area (Å²) in [7, 11) is 0. The summed E-state index contributed by atoms with van der Waals surface area (Å²) in [5.74, 6) is -0.151. The average molecular weight is 380 g/mol. The first-order valence-corrected chi connectivity index (χ1v) is 7.02. The predicted octanol–water partition coefficient (Wildman–Crippen LogP) is 5.63. The van der Waals surface area contributed by atoms with E-state index in [4.69, 9.17) is 39.5 Å². The summed E-state index contributed by atoms with van der Waals surface area (Å²) in [4.78, 5) is 11.9. The average Bonchev–Trinajstić information content (AvgIpc) is 2.36. The molecule has 0 atom stereocenters. The number of hydrogen-bond acceptors (Lipinski definition) is 2. The second-order valence-electron chi connectivity index (χ2n) is 3.59. The van der Waals surface area contributed by atoms with E-state index in [-0.39, 0.29) is 0 Å². The molecule has 0 N–H and O–H groups in total. The normalized spacial score (nSPS) is 10.3. The van der Waals surface area contributed by atoms with Gasteiger partial charge in [0.1, 0.15) is 5.75 Å². The molecule has 2 aromatic carbocycles. The molecule has 2 rings (SSSR count). The third-order valence-electron chi connectivity index (χ3n) is 2.25. The number of halogens is 4. The largest absolute Gasteiger partial charge is 0.422 e. The standard InChI is InChI=1S/C13H6BrCl3O2/c14-9-6-8(15)2-4-12(9)19-13(18)7-1-3-10(16)11(17)5-7/h1-6H. The smallest absolute Gasteiger partial charge is 0.343 e. The van der Waals surface area contributed by atoms with E-state index in [1.165, 1.54) is 12.1 Å². The highest BCUT2D eigenvalue weighted by atomic mass is 79.9. The van der Waals surface area contributed by atoms with Crippen molar-refractivity contribution >= 4 is 56.7 Å². The second kappa shape index (κ2) is 6.14. The Kier molecular flexibility index (Phi) is 4.74. The Morgan fingerprint density at radius 3 is 2.37 bits per heavy atom. The monoisotopic (exact) mass is 378 g/mol. The van der Waals surface area contributed by atoms with Crippen LogP contribution in [0.2, 0.25) is 15.1 Å². The highest BCUT2D eigenvalue weighted by Crippen LogP contribution is 2.29. The number of rotatable bonds is 2. The Bertz CT molecular complexity index is 644. The van der Waals surface area contributed by atoms with E-state index in [0.717, 1.165) is 0 Å². The van der Waals surface area contributed by atoms with Gasteiger partial charge in [0.2, 0.25) is 0 Å². The number of benzene rings is 2. The summed E-state index contributed by atoms with van der Waals surface area (Å²) in [5, 5.41) is 1.22. The molecule has 0 saturated heterocycles. The second-order valence-corrected chi connectivity index (χ2v) is 5.70. The highest BCUT2D eigenvalue weighted by Gasteiger charge is 2.12. The molecule has 0 aliphatic carbocycles. The first-order valence-electron chi connectivity index (χ1n) is 5.09. The van der Waals surface area contributed by atoms with Crippen LogP contribution in [0, 0.1) is 0 Å². The number of hydrogen-bond donors (Lipinski definition) is 0. The Hall–Kier alpha value is -0.740. The van der Waals surface area contributed by atoms with Gasteiger partial charge in [-0.25, -0.2) is 4.79 Å². The van der Waals surface area contributed by atoms with Gasteiger partial charge < -0.3 is 4.74 Å². The molecule has 0 aliphatic heterocycles. The fourth-order valence-electron chi connectivity index (χ4n) is 1.34. The van der Waals surface area contributed by atoms with Crippen LogP contribution in [0.5, 0.6) is 5.75 Å². The van der Waals surface area contributed by atoms with Crippen molar-refractivity contribution in [1.29, 1.82) is 0 Å². The number of carbonyl (C=O) groups is 1. The molecular formula is C13H6BrCl3O2. The van der Waals surface area contributed by atoms with E-state index in [2.05, 4.69) is 15.9 Å². The zero-order chi connectivity index (χ0) is 14.0. The molecule has 98 valence electrons. The third-order valence-corrected chi connectivity index (χ3v) is 3.85. The zero-order valence-corrected chi connectivity index (χ0v) is 13.1. The number of esters is 1. The van der Waals surface area contributed by atoms with Gasteiger partial charge >= 0.3 is 5.97 Å². The van der Waals surface area contributed by atoms with Crippen LogP contribution in [0.3, 0.4) is 0 Å². The summed E-state index contributed by atoms with van der Waals surface area (Å²) in [5.41, 5.74) is 0.316. The van der Waals surface area contributed by atoms with Gasteiger partial charge in [-0.1, -0.05) is 34.8 Å². The van der Waals surface area contributed by atoms with Crippen molar-refractivity contribution in [2.45, 2.75) is 0 Å². The summed E-state index contributed by atoms with van der Waals surface area (Å²) >= 11 is 20.7. The lowest BCUT2D eigenvalue weighted by Gasteiger charge is -2.07. The topological polar surface area (TPSA) is 26.3 Å². The van der Waals surface area contributed by atoms with Crippen LogP contribution in [-0.4, -0.2) is 5.97 Å². The van der Waals surface area contributed by atoms with Crippen molar-refractivity contribution in [3.05, 3.63) is 61.5 Å². The molecule has 0 aromatic heterocycles. The summed E-state index contributed by atoms with van der Waals surface area (Å²) in [6.45, 7) is 0. The van der Waals surface area contributed by atoms with E-state index in [0.29, 0.717) is 30.9 Å². The number of carbonyl (C=O) groups excluding carboxylic acids is 1. The molecule has 0 amide bonds. The molecule has 0 fully saturated rings. The first kappa shape index (κ1) is 14.7. The predicted molar refractivity (Wildman–Crippen MR) is 80.6 cm³/mol. The molecular weight excluding hydrogens is 374 g/mol. The number of ether oxygens (including phenoxy) is 1. The SMILES string of the molecule is O=C(Oc1ccc(Cl)cc1Br)c1ccc(Cl)c(Cl)c1. The lowest BCUT2D eigenvalue weighted by atomic mass is 10.2. The molecule has 0 aliphatic rings. The molecule has 0 unspecified atom stereocenters. The van der Waals surface area contributed by atoms with Gasteiger partial charge in [0.05, 0.1) is 20.1 Å². The lowest BCUT2D eigenvalue weighted by Crippen LogP contribution is -2.08. The van der Waals surface area contributed by atoms with Crippen LogP contribution in [0.25, 0.3) is 0 Å². The van der Waals surface area contributed by atoms with Gasteiger partial charge in [-0.15, -0.1) is 0 Å². The maximum Gasteiger partial charge on any atom is 0.343 e.